The maximum Gasteiger partial charge on any atom is 0.256 e. The molecule has 1 aliphatic heterocycles. The SMILES string of the molecule is Cc1cccc(N2C(=O)CC(Nc3ccc(Oc4ccccc4)cc3)C2=O)c1. The molecule has 1 saturated heterocycles. The topological polar surface area (TPSA) is 58.6 Å². The van der Waals surface area contributed by atoms with E-state index in [-0.39, 0.29) is 18.2 Å². The van der Waals surface area contributed by atoms with Gasteiger partial charge in [-0.1, -0.05) is 30.3 Å². The summed E-state index contributed by atoms with van der Waals surface area (Å²) in [5, 5.41) is 3.16. The van der Waals surface area contributed by atoms with Gasteiger partial charge >= 0.3 is 0 Å². The Balaban J connectivity index is 1.44. The van der Waals surface area contributed by atoms with Gasteiger partial charge < -0.3 is 10.1 Å². The Morgan fingerprint density at radius 2 is 1.61 bits per heavy atom. The summed E-state index contributed by atoms with van der Waals surface area (Å²) in [6.45, 7) is 1.93. The van der Waals surface area contributed by atoms with Gasteiger partial charge in [0.2, 0.25) is 5.91 Å². The maximum absolute atomic E-state index is 12.8. The van der Waals surface area contributed by atoms with Crippen molar-refractivity contribution in [1.82, 2.24) is 0 Å². The van der Waals surface area contributed by atoms with E-state index in [1.165, 1.54) is 4.90 Å². The molecule has 140 valence electrons. The Hall–Kier alpha value is -3.60. The van der Waals surface area contributed by atoms with Crippen LogP contribution in [0.15, 0.2) is 78.9 Å². The molecule has 0 radical (unpaired) electrons. The van der Waals surface area contributed by atoms with E-state index >= 15 is 0 Å². The molecule has 1 atom stereocenters. The van der Waals surface area contributed by atoms with Gasteiger partial charge in [0.25, 0.3) is 5.91 Å². The lowest BCUT2D eigenvalue weighted by atomic mass is 10.2. The molecule has 28 heavy (non-hydrogen) atoms. The molecule has 3 aromatic rings. The number of nitrogens with one attached hydrogen (secondary N) is 1. The highest BCUT2D eigenvalue weighted by Crippen LogP contribution is 2.27. The highest BCUT2D eigenvalue weighted by atomic mass is 16.5. The van der Waals surface area contributed by atoms with Crippen LogP contribution in [0.3, 0.4) is 0 Å². The van der Waals surface area contributed by atoms with E-state index in [2.05, 4.69) is 5.32 Å². The fraction of sp³-hybridized carbons (Fsp3) is 0.130. The molecule has 1 heterocycles. The molecule has 1 unspecified atom stereocenters. The molecular formula is C23H20N2O3. The predicted molar refractivity (Wildman–Crippen MR) is 109 cm³/mol. The molecule has 1 aliphatic rings. The minimum atomic E-state index is -0.575. The highest BCUT2D eigenvalue weighted by molar-refractivity contribution is 6.23. The van der Waals surface area contributed by atoms with Gasteiger partial charge in [-0.25, -0.2) is 4.90 Å². The smallest absolute Gasteiger partial charge is 0.256 e. The highest BCUT2D eigenvalue weighted by Gasteiger charge is 2.39. The Kier molecular flexibility index (Phi) is 4.81. The van der Waals surface area contributed by atoms with Crippen LogP contribution in [0.1, 0.15) is 12.0 Å². The average molecular weight is 372 g/mol. The van der Waals surface area contributed by atoms with Crippen LogP contribution >= 0.6 is 0 Å². The lowest BCUT2D eigenvalue weighted by Gasteiger charge is -2.16. The fourth-order valence-electron chi connectivity index (χ4n) is 3.23. The van der Waals surface area contributed by atoms with Crippen LogP contribution in [0.4, 0.5) is 11.4 Å². The molecule has 1 fully saturated rings. The molecule has 1 N–H and O–H groups in total. The van der Waals surface area contributed by atoms with Gasteiger partial charge in [0.15, 0.2) is 0 Å². The van der Waals surface area contributed by atoms with E-state index in [1.54, 1.807) is 6.07 Å². The van der Waals surface area contributed by atoms with Crippen molar-refractivity contribution in [3.63, 3.8) is 0 Å². The lowest BCUT2D eigenvalue weighted by Crippen LogP contribution is -2.34. The van der Waals surface area contributed by atoms with Crippen molar-refractivity contribution in [1.29, 1.82) is 0 Å². The molecule has 2 amide bonds. The van der Waals surface area contributed by atoms with E-state index in [9.17, 15) is 9.59 Å². The van der Waals surface area contributed by atoms with E-state index in [0.717, 1.165) is 17.0 Å². The third kappa shape index (κ3) is 3.74. The number of benzene rings is 3. The van der Waals surface area contributed by atoms with E-state index in [1.807, 2.05) is 79.7 Å². The summed E-state index contributed by atoms with van der Waals surface area (Å²) in [5.74, 6) is 1.03. The van der Waals surface area contributed by atoms with Gasteiger partial charge in [-0.15, -0.1) is 0 Å². The predicted octanol–water partition coefficient (Wildman–Crippen LogP) is 4.53. The van der Waals surface area contributed by atoms with E-state index in [4.69, 9.17) is 4.74 Å². The van der Waals surface area contributed by atoms with E-state index < -0.39 is 6.04 Å². The number of nitrogens with zero attached hydrogens (tertiary/aromatic N) is 1. The Bertz CT molecular complexity index is 1000. The standard InChI is InChI=1S/C23H20N2O3/c1-16-6-5-7-18(14-16)25-22(26)15-21(23(25)27)24-17-10-12-20(13-11-17)28-19-8-3-2-4-9-19/h2-14,21,24H,15H2,1H3. The number of hydrogen-bond acceptors (Lipinski definition) is 4. The zero-order chi connectivity index (χ0) is 19.5. The van der Waals surface area contributed by atoms with Crippen LogP contribution < -0.4 is 15.0 Å². The van der Waals surface area contributed by atoms with Gasteiger partial charge in [-0.05, 0) is 61.0 Å². The Labute approximate surface area is 163 Å². The van der Waals surface area contributed by atoms with Gasteiger partial charge in [-0.2, -0.15) is 0 Å². The first-order valence-corrected chi connectivity index (χ1v) is 9.13. The molecule has 0 aromatic heterocycles. The third-order valence-corrected chi connectivity index (χ3v) is 4.58. The monoisotopic (exact) mass is 372 g/mol. The number of carbonyl (C=O) groups excluding carboxylic acids is 2. The first-order chi connectivity index (χ1) is 13.6. The van der Waals surface area contributed by atoms with Crippen molar-refractivity contribution in [2.45, 2.75) is 19.4 Å². The van der Waals surface area contributed by atoms with Gasteiger partial charge in [0.1, 0.15) is 17.5 Å². The van der Waals surface area contributed by atoms with Crippen molar-refractivity contribution in [3.05, 3.63) is 84.4 Å². The number of rotatable bonds is 5. The lowest BCUT2D eigenvalue weighted by molar-refractivity contribution is -0.121. The molecule has 3 aromatic carbocycles. The summed E-state index contributed by atoms with van der Waals surface area (Å²) >= 11 is 0. The Morgan fingerprint density at radius 1 is 0.893 bits per heavy atom. The molecule has 5 nitrogen and oxygen atoms in total. The van der Waals surface area contributed by atoms with Crippen LogP contribution in [0.2, 0.25) is 0 Å². The average Bonchev–Trinajstić information content (AvgIpc) is 2.97. The second-order valence-corrected chi connectivity index (χ2v) is 6.75. The normalized spacial score (nSPS) is 16.3. The molecule has 0 saturated carbocycles. The van der Waals surface area contributed by atoms with Crippen LogP contribution in [-0.4, -0.2) is 17.9 Å². The summed E-state index contributed by atoms with van der Waals surface area (Å²) in [7, 11) is 0. The number of amides is 2. The molecule has 4 rings (SSSR count). The minimum Gasteiger partial charge on any atom is -0.457 e. The number of imide groups is 1. The largest absolute Gasteiger partial charge is 0.457 e. The minimum absolute atomic E-state index is 0.134. The van der Waals surface area contributed by atoms with Crippen LogP contribution in [0, 0.1) is 6.92 Å². The summed E-state index contributed by atoms with van der Waals surface area (Å²) in [6, 6.07) is 23.7. The molecule has 0 spiro atoms. The van der Waals surface area contributed by atoms with Crippen LogP contribution in [0.25, 0.3) is 0 Å². The Morgan fingerprint density at radius 3 is 2.32 bits per heavy atom. The molecular weight excluding hydrogens is 352 g/mol. The molecule has 0 aliphatic carbocycles. The van der Waals surface area contributed by atoms with Gasteiger partial charge in [0.05, 0.1) is 12.1 Å². The quantitative estimate of drug-likeness (QED) is 0.669. The van der Waals surface area contributed by atoms with Crippen LogP contribution in [-0.2, 0) is 9.59 Å². The zero-order valence-corrected chi connectivity index (χ0v) is 15.5. The second kappa shape index (κ2) is 7.56. The van der Waals surface area contributed by atoms with E-state index in [0.29, 0.717) is 11.4 Å². The van der Waals surface area contributed by atoms with Gasteiger partial charge in [-0.3, -0.25) is 9.59 Å². The van der Waals surface area contributed by atoms with Crippen molar-refractivity contribution in [3.8, 4) is 11.5 Å². The van der Waals surface area contributed by atoms with Gasteiger partial charge in [0, 0.05) is 5.69 Å². The summed E-state index contributed by atoms with van der Waals surface area (Å²) in [5.41, 5.74) is 2.38. The molecule has 0 bridgehead atoms. The number of hydrogen-bond donors (Lipinski definition) is 1. The number of anilines is 2. The second-order valence-electron chi connectivity index (χ2n) is 6.75. The number of para-hydroxylation sites is 1. The summed E-state index contributed by atoms with van der Waals surface area (Å²) < 4.78 is 5.77. The number of carbonyl (C=O) groups is 2. The summed E-state index contributed by atoms with van der Waals surface area (Å²) in [4.78, 5) is 26.4. The molecule has 5 heteroatoms. The maximum atomic E-state index is 12.8. The number of aryl methyl sites for hydroxylation is 1. The van der Waals surface area contributed by atoms with Crippen molar-refractivity contribution in [2.75, 3.05) is 10.2 Å². The number of ether oxygens (including phenoxy) is 1. The first-order valence-electron chi connectivity index (χ1n) is 9.13. The first kappa shape index (κ1) is 17.8. The third-order valence-electron chi connectivity index (χ3n) is 4.58. The summed E-state index contributed by atoms with van der Waals surface area (Å²) in [6.07, 6.45) is 0.134. The fourth-order valence-corrected chi connectivity index (χ4v) is 3.23. The van der Waals surface area contributed by atoms with Crippen molar-refractivity contribution < 1.29 is 14.3 Å². The van der Waals surface area contributed by atoms with Crippen LogP contribution in [0.5, 0.6) is 11.5 Å². The zero-order valence-electron chi connectivity index (χ0n) is 15.5. The van der Waals surface area contributed by atoms with Crippen molar-refractivity contribution >= 4 is 23.2 Å². The van der Waals surface area contributed by atoms with Crippen molar-refractivity contribution in [2.24, 2.45) is 0 Å².